The Labute approximate surface area is 170 Å². The highest BCUT2D eigenvalue weighted by atomic mass is 19.1. The number of benzene rings is 1. The van der Waals surface area contributed by atoms with Crippen LogP contribution >= 0.6 is 0 Å². The Kier molecular flexibility index (Phi) is 6.87. The summed E-state index contributed by atoms with van der Waals surface area (Å²) in [6.07, 6.45) is 3.54. The minimum absolute atomic E-state index is 0.286. The van der Waals surface area contributed by atoms with Crippen molar-refractivity contribution < 1.29 is 13.9 Å². The minimum Gasteiger partial charge on any atom is -0.493 e. The van der Waals surface area contributed by atoms with Gasteiger partial charge in [0.2, 0.25) is 0 Å². The van der Waals surface area contributed by atoms with Gasteiger partial charge in [0.25, 0.3) is 0 Å². The Morgan fingerprint density at radius 1 is 1.14 bits per heavy atom. The predicted octanol–water partition coefficient (Wildman–Crippen LogP) is 4.47. The molecular formula is C23H37FN2O2. The Morgan fingerprint density at radius 3 is 2.61 bits per heavy atom. The molecule has 4 nitrogen and oxygen atoms in total. The maximum atomic E-state index is 12.3. The predicted molar refractivity (Wildman–Crippen MR) is 112 cm³/mol. The van der Waals surface area contributed by atoms with Crippen LogP contribution in [-0.4, -0.2) is 62.9 Å². The molecule has 0 amide bonds. The summed E-state index contributed by atoms with van der Waals surface area (Å²) in [5.41, 5.74) is 3.09. The largest absolute Gasteiger partial charge is 0.493 e. The van der Waals surface area contributed by atoms with E-state index < -0.39 is 0 Å². The SMILES string of the molecule is COc1cc2c(cc1OCCCCF)CCN1C[C@@H](CC(C)(C)C)N(C)C[C@H]21. The highest BCUT2D eigenvalue weighted by Gasteiger charge is 2.37. The van der Waals surface area contributed by atoms with Gasteiger partial charge in [-0.1, -0.05) is 20.8 Å². The van der Waals surface area contributed by atoms with E-state index in [0.29, 0.717) is 30.5 Å². The number of nitrogens with zero attached hydrogens (tertiary/aromatic N) is 2. The average molecular weight is 393 g/mol. The van der Waals surface area contributed by atoms with E-state index in [4.69, 9.17) is 9.47 Å². The fraction of sp³-hybridized carbons (Fsp3) is 0.739. The third-order valence-corrected chi connectivity index (χ3v) is 6.06. The molecule has 1 saturated heterocycles. The molecule has 3 rings (SSSR count). The number of unbranched alkanes of at least 4 members (excludes halogenated alkanes) is 1. The number of hydrogen-bond acceptors (Lipinski definition) is 4. The molecule has 0 aliphatic carbocycles. The lowest BCUT2D eigenvalue weighted by molar-refractivity contribution is 0.0213. The summed E-state index contributed by atoms with van der Waals surface area (Å²) in [6.45, 7) is 10.5. The molecule has 2 aliphatic heterocycles. The number of halogens is 1. The van der Waals surface area contributed by atoms with Crippen LogP contribution < -0.4 is 9.47 Å². The van der Waals surface area contributed by atoms with Crippen LogP contribution in [0.4, 0.5) is 4.39 Å². The van der Waals surface area contributed by atoms with Crippen LogP contribution in [0.25, 0.3) is 0 Å². The van der Waals surface area contributed by atoms with Gasteiger partial charge in [-0.3, -0.25) is 9.29 Å². The number of likely N-dealkylation sites (N-methyl/N-ethyl adjacent to an activating group) is 1. The Morgan fingerprint density at radius 2 is 1.93 bits per heavy atom. The zero-order valence-electron chi connectivity index (χ0n) is 18.3. The summed E-state index contributed by atoms with van der Waals surface area (Å²) in [4.78, 5) is 5.19. The standard InChI is InChI=1S/C23H37FN2O2/c1-23(2,3)14-18-15-26-10-8-17-12-22(28-11-7-6-9-24)21(27-5)13-19(17)20(26)16-25(18)4/h12-13,18,20H,6-11,14-16H2,1-5H3/t18-,20-/m1/s1. The molecule has 5 heteroatoms. The Balaban J connectivity index is 1.76. The second-order valence-electron chi connectivity index (χ2n) is 9.57. The van der Waals surface area contributed by atoms with Crippen molar-refractivity contribution in [2.45, 2.75) is 58.5 Å². The van der Waals surface area contributed by atoms with Crippen LogP contribution in [-0.2, 0) is 6.42 Å². The Bertz CT molecular complexity index is 659. The van der Waals surface area contributed by atoms with Crippen molar-refractivity contribution in [2.75, 3.05) is 47.1 Å². The number of alkyl halides is 1. The van der Waals surface area contributed by atoms with E-state index in [2.05, 4.69) is 49.8 Å². The maximum Gasteiger partial charge on any atom is 0.161 e. The molecule has 2 heterocycles. The third kappa shape index (κ3) is 4.98. The van der Waals surface area contributed by atoms with Crippen molar-refractivity contribution in [1.29, 1.82) is 0 Å². The molecule has 0 unspecified atom stereocenters. The van der Waals surface area contributed by atoms with Gasteiger partial charge < -0.3 is 14.4 Å². The lowest BCUT2D eigenvalue weighted by atomic mass is 9.84. The second kappa shape index (κ2) is 9.00. The summed E-state index contributed by atoms with van der Waals surface area (Å²) in [5, 5.41) is 0. The fourth-order valence-electron chi connectivity index (χ4n) is 4.60. The molecular weight excluding hydrogens is 355 g/mol. The zero-order valence-corrected chi connectivity index (χ0v) is 18.3. The molecule has 0 saturated carbocycles. The van der Waals surface area contributed by atoms with Crippen molar-refractivity contribution in [3.63, 3.8) is 0 Å². The molecule has 0 N–H and O–H groups in total. The molecule has 0 bridgehead atoms. The molecule has 28 heavy (non-hydrogen) atoms. The first kappa shape index (κ1) is 21.4. The topological polar surface area (TPSA) is 24.9 Å². The van der Waals surface area contributed by atoms with Gasteiger partial charge in [0.1, 0.15) is 0 Å². The lowest BCUT2D eigenvalue weighted by Crippen LogP contribution is -2.55. The van der Waals surface area contributed by atoms with Crippen LogP contribution in [0.2, 0.25) is 0 Å². The molecule has 1 aromatic carbocycles. The summed E-state index contributed by atoms with van der Waals surface area (Å²) in [6, 6.07) is 5.36. The highest BCUT2D eigenvalue weighted by molar-refractivity contribution is 5.49. The van der Waals surface area contributed by atoms with Crippen LogP contribution in [0.1, 0.15) is 57.2 Å². The minimum atomic E-state index is -0.286. The van der Waals surface area contributed by atoms with E-state index in [1.54, 1.807) is 7.11 Å². The molecule has 0 radical (unpaired) electrons. The van der Waals surface area contributed by atoms with Crippen LogP contribution in [0.3, 0.4) is 0 Å². The van der Waals surface area contributed by atoms with Gasteiger partial charge in [-0.15, -0.1) is 0 Å². The van der Waals surface area contributed by atoms with E-state index in [0.717, 1.165) is 44.0 Å². The molecule has 0 spiro atoms. The third-order valence-electron chi connectivity index (χ3n) is 6.06. The van der Waals surface area contributed by atoms with Gasteiger partial charge in [0.05, 0.1) is 20.4 Å². The summed E-state index contributed by atoms with van der Waals surface area (Å²) in [5.74, 6) is 1.59. The van der Waals surface area contributed by atoms with Gasteiger partial charge in [0, 0.05) is 31.7 Å². The van der Waals surface area contributed by atoms with E-state index >= 15 is 0 Å². The van der Waals surface area contributed by atoms with E-state index in [1.165, 1.54) is 17.5 Å². The smallest absolute Gasteiger partial charge is 0.161 e. The van der Waals surface area contributed by atoms with E-state index in [-0.39, 0.29) is 6.67 Å². The van der Waals surface area contributed by atoms with Crippen LogP contribution in [0.15, 0.2) is 12.1 Å². The van der Waals surface area contributed by atoms with E-state index in [9.17, 15) is 4.39 Å². The quantitative estimate of drug-likeness (QED) is 0.639. The monoisotopic (exact) mass is 392 g/mol. The van der Waals surface area contributed by atoms with Crippen molar-refractivity contribution in [3.05, 3.63) is 23.3 Å². The summed E-state index contributed by atoms with van der Waals surface area (Å²) >= 11 is 0. The van der Waals surface area contributed by atoms with E-state index in [1.807, 2.05) is 0 Å². The molecule has 2 aliphatic rings. The number of ether oxygens (including phenoxy) is 2. The maximum absolute atomic E-state index is 12.3. The Hall–Kier alpha value is -1.33. The van der Waals surface area contributed by atoms with Gasteiger partial charge in [0.15, 0.2) is 11.5 Å². The molecule has 0 aromatic heterocycles. The first-order valence-corrected chi connectivity index (χ1v) is 10.7. The first-order chi connectivity index (χ1) is 13.3. The number of fused-ring (bicyclic) bond motifs is 3. The number of piperazine rings is 1. The van der Waals surface area contributed by atoms with Gasteiger partial charge in [-0.2, -0.15) is 0 Å². The number of rotatable bonds is 7. The van der Waals surface area contributed by atoms with Crippen molar-refractivity contribution >= 4 is 0 Å². The first-order valence-electron chi connectivity index (χ1n) is 10.7. The number of hydrogen-bond donors (Lipinski definition) is 0. The lowest BCUT2D eigenvalue weighted by Gasteiger charge is -2.49. The van der Waals surface area contributed by atoms with Crippen molar-refractivity contribution in [1.82, 2.24) is 9.80 Å². The molecule has 158 valence electrons. The fourth-order valence-corrected chi connectivity index (χ4v) is 4.60. The number of methoxy groups -OCH3 is 1. The van der Waals surface area contributed by atoms with Gasteiger partial charge in [-0.05, 0) is 61.4 Å². The van der Waals surface area contributed by atoms with Crippen LogP contribution in [0.5, 0.6) is 11.5 Å². The van der Waals surface area contributed by atoms with Gasteiger partial charge in [-0.25, -0.2) is 0 Å². The van der Waals surface area contributed by atoms with Crippen molar-refractivity contribution in [2.24, 2.45) is 5.41 Å². The van der Waals surface area contributed by atoms with Crippen molar-refractivity contribution in [3.8, 4) is 11.5 Å². The summed E-state index contributed by atoms with van der Waals surface area (Å²) in [7, 11) is 3.96. The van der Waals surface area contributed by atoms with Gasteiger partial charge >= 0.3 is 0 Å². The average Bonchev–Trinajstić information content (AvgIpc) is 2.64. The molecule has 2 atom stereocenters. The zero-order chi connectivity index (χ0) is 20.3. The molecule has 1 fully saturated rings. The van der Waals surface area contributed by atoms with Crippen LogP contribution in [0, 0.1) is 5.41 Å². The highest BCUT2D eigenvalue weighted by Crippen LogP contribution is 2.41. The normalized spacial score (nSPS) is 23.2. The second-order valence-corrected chi connectivity index (χ2v) is 9.57. The summed E-state index contributed by atoms with van der Waals surface area (Å²) < 4.78 is 23.8. The molecule has 1 aromatic rings.